The van der Waals surface area contributed by atoms with Crippen LogP contribution in [0.4, 0.5) is 27.8 Å². The van der Waals surface area contributed by atoms with Crippen molar-refractivity contribution in [1.29, 1.82) is 0 Å². The van der Waals surface area contributed by atoms with Crippen molar-refractivity contribution < 1.29 is 37.0 Å². The average molecular weight is 525 g/mol. The number of nitrogens with one attached hydrogen (secondary N) is 1. The maximum Gasteiger partial charge on any atom is 0.408 e. The number of pyridine rings is 3. The molecule has 3 atom stereocenters. The molecule has 2 aliphatic rings. The fraction of sp³-hybridized carbons (Fsp3) is 0.391. The molecule has 1 saturated heterocycles. The van der Waals surface area contributed by atoms with Crippen LogP contribution in [0.15, 0.2) is 35.4 Å². The third kappa shape index (κ3) is 4.73. The van der Waals surface area contributed by atoms with Crippen LogP contribution >= 0.6 is 0 Å². The molecule has 196 valence electrons. The van der Waals surface area contributed by atoms with E-state index in [1.165, 1.54) is 17.0 Å². The fourth-order valence-electron chi connectivity index (χ4n) is 4.35. The number of alkyl halides is 3. The lowest BCUT2D eigenvalue weighted by molar-refractivity contribution is -0.158. The zero-order chi connectivity index (χ0) is 26.6. The lowest BCUT2D eigenvalue weighted by Gasteiger charge is -2.22. The summed E-state index contributed by atoms with van der Waals surface area (Å²) in [6.45, 7) is 0.0150. The van der Waals surface area contributed by atoms with Crippen LogP contribution in [0.1, 0.15) is 23.2 Å². The Kier molecular flexibility index (Phi) is 6.10. The van der Waals surface area contributed by atoms with Gasteiger partial charge in [-0.25, -0.2) is 18.7 Å². The van der Waals surface area contributed by atoms with Crippen LogP contribution in [0.25, 0.3) is 16.9 Å². The van der Waals surface area contributed by atoms with Crippen molar-refractivity contribution in [2.75, 3.05) is 18.0 Å². The van der Waals surface area contributed by atoms with E-state index in [1.807, 2.05) is 5.32 Å². The van der Waals surface area contributed by atoms with Crippen molar-refractivity contribution in [1.82, 2.24) is 19.9 Å². The number of hydrogen-bond donors (Lipinski definition) is 3. The van der Waals surface area contributed by atoms with Crippen LogP contribution in [-0.2, 0) is 0 Å². The topological polar surface area (TPSA) is 121 Å². The number of carbonyl (C=O) groups is 1. The summed E-state index contributed by atoms with van der Waals surface area (Å²) < 4.78 is 69.6. The summed E-state index contributed by atoms with van der Waals surface area (Å²) in [5.74, 6) is -4.68. The molecule has 9 nitrogen and oxygen atoms in total. The molecule has 1 saturated carbocycles. The lowest BCUT2D eigenvalue weighted by atomic mass is 10.1. The van der Waals surface area contributed by atoms with E-state index in [1.54, 1.807) is 0 Å². The number of halogens is 5. The van der Waals surface area contributed by atoms with Crippen LogP contribution in [0, 0.1) is 17.6 Å². The first-order valence-corrected chi connectivity index (χ1v) is 11.3. The van der Waals surface area contributed by atoms with Gasteiger partial charge in [0.05, 0.1) is 23.8 Å². The normalized spacial score (nSPS) is 20.9. The van der Waals surface area contributed by atoms with Gasteiger partial charge in [0.15, 0.2) is 17.3 Å². The number of nitrogens with zero attached hydrogens (tertiary/aromatic N) is 4. The molecule has 0 radical (unpaired) electrons. The van der Waals surface area contributed by atoms with E-state index in [0.29, 0.717) is 12.3 Å². The smallest absolute Gasteiger partial charge is 0.389 e. The molecule has 2 unspecified atom stereocenters. The molecule has 4 heterocycles. The summed E-state index contributed by atoms with van der Waals surface area (Å²) >= 11 is 0. The Hall–Kier alpha value is -3.65. The van der Waals surface area contributed by atoms with Crippen molar-refractivity contribution in [3.8, 4) is 5.82 Å². The highest BCUT2D eigenvalue weighted by Gasteiger charge is 2.50. The molecule has 0 aromatic carbocycles. The van der Waals surface area contributed by atoms with E-state index >= 15 is 0 Å². The van der Waals surface area contributed by atoms with Gasteiger partial charge in [-0.3, -0.25) is 14.2 Å². The molecule has 3 N–H and O–H groups in total. The van der Waals surface area contributed by atoms with Gasteiger partial charge in [0.2, 0.25) is 5.43 Å². The van der Waals surface area contributed by atoms with Crippen molar-refractivity contribution >= 4 is 22.8 Å². The summed E-state index contributed by atoms with van der Waals surface area (Å²) in [6.07, 6.45) is -4.82. The van der Waals surface area contributed by atoms with Crippen molar-refractivity contribution in [3.63, 3.8) is 0 Å². The Morgan fingerprint density at radius 1 is 1.14 bits per heavy atom. The number of anilines is 1. The van der Waals surface area contributed by atoms with Gasteiger partial charge in [-0.1, -0.05) is 0 Å². The highest BCUT2D eigenvalue weighted by molar-refractivity contribution is 5.97. The fourth-order valence-corrected chi connectivity index (χ4v) is 4.35. The third-order valence-electron chi connectivity index (χ3n) is 6.41. The van der Waals surface area contributed by atoms with Gasteiger partial charge in [0.1, 0.15) is 23.2 Å². The van der Waals surface area contributed by atoms with Crippen molar-refractivity contribution in [2.24, 2.45) is 5.92 Å². The summed E-state index contributed by atoms with van der Waals surface area (Å²) in [6, 6.07) is 0.958. The molecule has 3 aromatic rings. The van der Waals surface area contributed by atoms with E-state index in [0.717, 1.165) is 10.8 Å². The number of β-amino-alcohol motifs (C(OH)–C–C–N with tert-alkyl or cyclic N) is 2. The molecule has 5 rings (SSSR count). The third-order valence-corrected chi connectivity index (χ3v) is 6.41. The van der Waals surface area contributed by atoms with Crippen LogP contribution in [0.5, 0.6) is 0 Å². The molecular formula is C23H20F5N5O4. The molecule has 1 aliphatic heterocycles. The van der Waals surface area contributed by atoms with Gasteiger partial charge in [0, 0.05) is 25.4 Å². The second-order valence-corrected chi connectivity index (χ2v) is 9.11. The molecule has 1 aliphatic carbocycles. The maximum absolute atomic E-state index is 14.7. The second kappa shape index (κ2) is 9.03. The minimum absolute atomic E-state index is 0.00749. The van der Waals surface area contributed by atoms with Crippen molar-refractivity contribution in [2.45, 2.75) is 37.3 Å². The minimum Gasteiger partial charge on any atom is -0.389 e. The largest absolute Gasteiger partial charge is 0.408 e. The monoisotopic (exact) mass is 525 g/mol. The minimum atomic E-state index is -4.74. The summed E-state index contributed by atoms with van der Waals surface area (Å²) in [4.78, 5) is 35.6. The molecule has 37 heavy (non-hydrogen) atoms. The van der Waals surface area contributed by atoms with Gasteiger partial charge in [-0.05, 0) is 30.9 Å². The number of aromatic nitrogens is 3. The maximum atomic E-state index is 14.7. The number of aliphatic hydroxyl groups is 2. The number of fused-ring (bicyclic) bond motifs is 1. The lowest BCUT2D eigenvalue weighted by Crippen LogP contribution is -2.48. The second-order valence-electron chi connectivity index (χ2n) is 9.11. The highest BCUT2D eigenvalue weighted by atomic mass is 19.4. The average Bonchev–Trinajstić information content (AvgIpc) is 3.61. The predicted octanol–water partition coefficient (Wildman–Crippen LogP) is 1.67. The first-order valence-electron chi connectivity index (χ1n) is 11.3. The van der Waals surface area contributed by atoms with E-state index < -0.39 is 64.7 Å². The van der Waals surface area contributed by atoms with Gasteiger partial charge < -0.3 is 20.4 Å². The SMILES string of the molecule is O=C(NC(C1CC1)C(F)(F)F)c1cn(-c2ncc(F)cc2F)c2nc(N3CC(O)[C@@H](O)C3)ccc2c1=O. The van der Waals surface area contributed by atoms with E-state index in [9.17, 15) is 41.8 Å². The molecular weight excluding hydrogens is 505 g/mol. The number of hydrogen-bond acceptors (Lipinski definition) is 7. The van der Waals surface area contributed by atoms with Crippen LogP contribution in [-0.4, -0.2) is 68.2 Å². The number of rotatable bonds is 5. The van der Waals surface area contributed by atoms with Crippen LogP contribution < -0.4 is 15.6 Å². The molecule has 0 spiro atoms. The molecule has 2 fully saturated rings. The van der Waals surface area contributed by atoms with E-state index in [4.69, 9.17) is 0 Å². The Morgan fingerprint density at radius 3 is 2.41 bits per heavy atom. The van der Waals surface area contributed by atoms with Gasteiger partial charge in [-0.2, -0.15) is 13.2 Å². The predicted molar refractivity (Wildman–Crippen MR) is 119 cm³/mol. The van der Waals surface area contributed by atoms with Gasteiger partial charge in [0.25, 0.3) is 5.91 Å². The first-order chi connectivity index (χ1) is 17.4. The molecule has 3 aromatic heterocycles. The van der Waals surface area contributed by atoms with Gasteiger partial charge in [-0.15, -0.1) is 0 Å². The highest BCUT2D eigenvalue weighted by Crippen LogP contribution is 2.40. The summed E-state index contributed by atoms with van der Waals surface area (Å²) in [5.41, 5.74) is -1.89. The number of aliphatic hydroxyl groups excluding tert-OH is 2. The Bertz CT molecular complexity index is 1430. The van der Waals surface area contributed by atoms with E-state index in [-0.39, 0.29) is 42.8 Å². The molecule has 0 bridgehead atoms. The summed E-state index contributed by atoms with van der Waals surface area (Å²) in [5, 5.41) is 21.3. The first kappa shape index (κ1) is 25.0. The van der Waals surface area contributed by atoms with E-state index in [2.05, 4.69) is 9.97 Å². The van der Waals surface area contributed by atoms with Gasteiger partial charge >= 0.3 is 6.18 Å². The Balaban J connectivity index is 1.65. The standard InChI is InChI=1S/C23H20F5N5O4/c24-11-5-14(25)21(29-6-11)33-7-13(22(37)31-19(10-1-2-10)23(26,27)28)18(36)12-3-4-17(30-20(12)33)32-8-15(34)16(35)9-32/h3-7,10,15-16,19,34-35H,1-2,8-9H2,(H,31,37)/t15-,16?,19?/m0/s1. The zero-order valence-corrected chi connectivity index (χ0v) is 18.9. The summed E-state index contributed by atoms with van der Waals surface area (Å²) in [7, 11) is 0. The zero-order valence-electron chi connectivity index (χ0n) is 18.9. The quantitative estimate of drug-likeness (QED) is 0.434. The van der Waals surface area contributed by atoms with Crippen LogP contribution in [0.3, 0.4) is 0 Å². The Morgan fingerprint density at radius 2 is 1.81 bits per heavy atom. The van der Waals surface area contributed by atoms with Crippen molar-refractivity contribution in [3.05, 3.63) is 58.0 Å². The number of carbonyl (C=O) groups excluding carboxylic acids is 1. The molecule has 1 amide bonds. The molecule has 14 heteroatoms. The Labute approximate surface area is 205 Å². The number of amides is 1. The van der Waals surface area contributed by atoms with Crippen LogP contribution in [0.2, 0.25) is 0 Å².